The third-order valence-corrected chi connectivity index (χ3v) is 6.43. The SMILES string of the molecule is Cc1cc(C)cc(C(=O)N(CCN2C(=O)c3cccc4cccc(c34)C2=O)c2cccc(C)c2)c1. The maximum Gasteiger partial charge on any atom is 0.261 e. The van der Waals surface area contributed by atoms with Crippen molar-refractivity contribution in [2.24, 2.45) is 0 Å². The number of benzene rings is 4. The van der Waals surface area contributed by atoms with Gasteiger partial charge in [-0.3, -0.25) is 19.3 Å². The molecule has 174 valence electrons. The highest BCUT2D eigenvalue weighted by molar-refractivity contribution is 6.25. The summed E-state index contributed by atoms with van der Waals surface area (Å²) in [4.78, 5) is 43.3. The van der Waals surface area contributed by atoms with Crippen LogP contribution in [0.3, 0.4) is 0 Å². The molecular weight excluding hydrogens is 436 g/mol. The Morgan fingerprint density at radius 1 is 0.743 bits per heavy atom. The van der Waals surface area contributed by atoms with Crippen LogP contribution in [0, 0.1) is 20.8 Å². The average Bonchev–Trinajstić information content (AvgIpc) is 2.83. The highest BCUT2D eigenvalue weighted by atomic mass is 16.2. The van der Waals surface area contributed by atoms with Gasteiger partial charge in [0.1, 0.15) is 0 Å². The van der Waals surface area contributed by atoms with E-state index >= 15 is 0 Å². The molecule has 5 heteroatoms. The number of hydrogen-bond acceptors (Lipinski definition) is 3. The molecule has 0 radical (unpaired) electrons. The second kappa shape index (κ2) is 8.84. The summed E-state index contributed by atoms with van der Waals surface area (Å²) in [5.74, 6) is -0.827. The minimum atomic E-state index is -0.331. The van der Waals surface area contributed by atoms with E-state index in [1.807, 2.05) is 87.5 Å². The second-order valence-corrected chi connectivity index (χ2v) is 9.14. The van der Waals surface area contributed by atoms with Gasteiger partial charge in [-0.1, -0.05) is 53.6 Å². The van der Waals surface area contributed by atoms with Crippen molar-refractivity contribution in [2.75, 3.05) is 18.0 Å². The molecule has 4 aromatic carbocycles. The first-order chi connectivity index (χ1) is 16.8. The van der Waals surface area contributed by atoms with Gasteiger partial charge in [-0.2, -0.15) is 0 Å². The summed E-state index contributed by atoms with van der Waals surface area (Å²) in [7, 11) is 0. The highest BCUT2D eigenvalue weighted by Crippen LogP contribution is 2.30. The number of hydrogen-bond donors (Lipinski definition) is 0. The van der Waals surface area contributed by atoms with E-state index in [4.69, 9.17) is 0 Å². The maximum atomic E-state index is 13.7. The van der Waals surface area contributed by atoms with Crippen LogP contribution in [0.15, 0.2) is 78.9 Å². The fourth-order valence-corrected chi connectivity index (χ4v) is 4.88. The van der Waals surface area contributed by atoms with Crippen LogP contribution in [0.1, 0.15) is 47.8 Å². The zero-order chi connectivity index (χ0) is 24.7. The van der Waals surface area contributed by atoms with E-state index in [1.54, 1.807) is 17.0 Å². The lowest BCUT2D eigenvalue weighted by atomic mass is 9.94. The van der Waals surface area contributed by atoms with E-state index < -0.39 is 0 Å². The van der Waals surface area contributed by atoms with E-state index in [0.717, 1.165) is 27.8 Å². The van der Waals surface area contributed by atoms with Crippen LogP contribution in [-0.4, -0.2) is 35.7 Å². The zero-order valence-corrected chi connectivity index (χ0v) is 20.0. The Hall–Kier alpha value is -4.25. The summed E-state index contributed by atoms with van der Waals surface area (Å²) in [5.41, 5.74) is 5.36. The Kier molecular flexibility index (Phi) is 5.69. The van der Waals surface area contributed by atoms with Crippen molar-refractivity contribution in [3.8, 4) is 0 Å². The van der Waals surface area contributed by atoms with Gasteiger partial charge in [-0.05, 0) is 68.1 Å². The van der Waals surface area contributed by atoms with Crippen LogP contribution in [0.2, 0.25) is 0 Å². The number of carbonyl (C=O) groups excluding carboxylic acids is 3. The summed E-state index contributed by atoms with van der Waals surface area (Å²) < 4.78 is 0. The molecule has 0 aromatic heterocycles. The molecule has 0 aliphatic carbocycles. The number of carbonyl (C=O) groups is 3. The van der Waals surface area contributed by atoms with Crippen LogP contribution in [0.25, 0.3) is 10.8 Å². The van der Waals surface area contributed by atoms with E-state index in [1.165, 1.54) is 4.90 Å². The third kappa shape index (κ3) is 4.10. The van der Waals surface area contributed by atoms with Crippen molar-refractivity contribution in [2.45, 2.75) is 20.8 Å². The largest absolute Gasteiger partial charge is 0.307 e. The second-order valence-electron chi connectivity index (χ2n) is 9.14. The molecule has 0 unspecified atom stereocenters. The number of imide groups is 1. The van der Waals surface area contributed by atoms with E-state index in [2.05, 4.69) is 0 Å². The monoisotopic (exact) mass is 462 g/mol. The molecule has 5 nitrogen and oxygen atoms in total. The fraction of sp³-hybridized carbons (Fsp3) is 0.167. The number of amides is 3. The van der Waals surface area contributed by atoms with Gasteiger partial charge < -0.3 is 4.90 Å². The first-order valence-corrected chi connectivity index (χ1v) is 11.7. The number of rotatable bonds is 5. The summed E-state index contributed by atoms with van der Waals surface area (Å²) >= 11 is 0. The molecule has 3 amide bonds. The molecule has 0 atom stereocenters. The van der Waals surface area contributed by atoms with Gasteiger partial charge in [0.15, 0.2) is 0 Å². The van der Waals surface area contributed by atoms with Crippen LogP contribution < -0.4 is 4.90 Å². The fourth-order valence-electron chi connectivity index (χ4n) is 4.88. The standard InChI is InChI=1S/C30H26N2O3/c1-19-7-4-10-24(18-19)31(28(33)23-16-20(2)15-21(3)17-23)13-14-32-29(34)25-11-5-8-22-9-6-12-26(27(22)25)30(32)35/h4-12,15-18H,13-14H2,1-3H3. The molecule has 0 N–H and O–H groups in total. The molecule has 1 heterocycles. The third-order valence-electron chi connectivity index (χ3n) is 6.43. The minimum absolute atomic E-state index is 0.0901. The van der Waals surface area contributed by atoms with Crippen molar-refractivity contribution in [1.82, 2.24) is 4.90 Å². The lowest BCUT2D eigenvalue weighted by Gasteiger charge is -2.30. The van der Waals surface area contributed by atoms with Gasteiger partial charge in [0.25, 0.3) is 17.7 Å². The Morgan fingerprint density at radius 3 is 1.94 bits per heavy atom. The molecule has 35 heavy (non-hydrogen) atoms. The van der Waals surface area contributed by atoms with Crippen molar-refractivity contribution < 1.29 is 14.4 Å². The van der Waals surface area contributed by atoms with Crippen LogP contribution in [-0.2, 0) is 0 Å². The summed E-state index contributed by atoms with van der Waals surface area (Å²) in [5, 5.41) is 1.57. The molecule has 0 spiro atoms. The molecule has 0 bridgehead atoms. The normalized spacial score (nSPS) is 12.8. The molecule has 5 rings (SSSR count). The van der Waals surface area contributed by atoms with Crippen LogP contribution in [0.5, 0.6) is 0 Å². The van der Waals surface area contributed by atoms with Crippen molar-refractivity contribution in [3.63, 3.8) is 0 Å². The molecular formula is C30H26N2O3. The van der Waals surface area contributed by atoms with Gasteiger partial charge in [-0.15, -0.1) is 0 Å². The topological polar surface area (TPSA) is 57.7 Å². The smallest absolute Gasteiger partial charge is 0.261 e. The summed E-state index contributed by atoms with van der Waals surface area (Å²) in [6, 6.07) is 24.4. The first-order valence-electron chi connectivity index (χ1n) is 11.7. The molecule has 0 fully saturated rings. The Balaban J connectivity index is 1.49. The van der Waals surface area contributed by atoms with Gasteiger partial charge in [0.2, 0.25) is 0 Å². The van der Waals surface area contributed by atoms with Gasteiger partial charge >= 0.3 is 0 Å². The Bertz CT molecular complexity index is 1430. The predicted octanol–water partition coefficient (Wildman–Crippen LogP) is 5.71. The number of nitrogens with zero attached hydrogens (tertiary/aromatic N) is 2. The Labute approximate surface area is 204 Å². The summed E-state index contributed by atoms with van der Waals surface area (Å²) in [6.45, 7) is 6.17. The first kappa shape index (κ1) is 22.5. The maximum absolute atomic E-state index is 13.7. The quantitative estimate of drug-likeness (QED) is 0.357. The highest BCUT2D eigenvalue weighted by Gasteiger charge is 2.33. The van der Waals surface area contributed by atoms with Crippen molar-refractivity contribution >= 4 is 34.2 Å². The predicted molar refractivity (Wildman–Crippen MR) is 138 cm³/mol. The minimum Gasteiger partial charge on any atom is -0.307 e. The van der Waals surface area contributed by atoms with Gasteiger partial charge in [-0.25, -0.2) is 0 Å². The van der Waals surface area contributed by atoms with E-state index in [0.29, 0.717) is 22.1 Å². The number of aryl methyl sites for hydroxylation is 3. The molecule has 1 aliphatic rings. The lowest BCUT2D eigenvalue weighted by molar-refractivity contribution is 0.0611. The lowest BCUT2D eigenvalue weighted by Crippen LogP contribution is -2.46. The molecule has 0 saturated carbocycles. The molecule has 0 saturated heterocycles. The van der Waals surface area contributed by atoms with E-state index in [-0.39, 0.29) is 30.8 Å². The van der Waals surface area contributed by atoms with Gasteiger partial charge in [0, 0.05) is 40.9 Å². The van der Waals surface area contributed by atoms with Crippen LogP contribution >= 0.6 is 0 Å². The Morgan fingerprint density at radius 2 is 1.34 bits per heavy atom. The van der Waals surface area contributed by atoms with Crippen LogP contribution in [0.4, 0.5) is 5.69 Å². The molecule has 4 aromatic rings. The number of anilines is 1. The zero-order valence-electron chi connectivity index (χ0n) is 20.0. The molecule has 1 aliphatic heterocycles. The summed E-state index contributed by atoms with van der Waals surface area (Å²) in [6.07, 6.45) is 0. The van der Waals surface area contributed by atoms with E-state index in [9.17, 15) is 14.4 Å². The average molecular weight is 463 g/mol. The van der Waals surface area contributed by atoms with Crippen molar-refractivity contribution in [3.05, 3.63) is 112 Å². The van der Waals surface area contributed by atoms with Gasteiger partial charge in [0.05, 0.1) is 0 Å². The van der Waals surface area contributed by atoms with Crippen molar-refractivity contribution in [1.29, 1.82) is 0 Å².